The summed E-state index contributed by atoms with van der Waals surface area (Å²) in [5.74, 6) is 0.396. The summed E-state index contributed by atoms with van der Waals surface area (Å²) in [6.45, 7) is 15.1. The number of aromatic nitrogens is 3. The Morgan fingerprint density at radius 2 is 2.02 bits per heavy atom. The highest BCUT2D eigenvalue weighted by Crippen LogP contribution is 2.44. The van der Waals surface area contributed by atoms with Crippen LogP contribution in [-0.4, -0.2) is 49.0 Å². The molecule has 0 spiro atoms. The Morgan fingerprint density at radius 1 is 1.28 bits per heavy atom. The van der Waals surface area contributed by atoms with E-state index in [1.165, 1.54) is 6.07 Å². The van der Waals surface area contributed by atoms with Crippen molar-refractivity contribution in [1.82, 2.24) is 19.9 Å². The van der Waals surface area contributed by atoms with Gasteiger partial charge in [-0.25, -0.2) is 9.97 Å². The van der Waals surface area contributed by atoms with Gasteiger partial charge in [-0.3, -0.25) is 9.59 Å². The lowest BCUT2D eigenvalue weighted by atomic mass is 9.83. The SMILES string of the molecule is CNC(=O)c1cc(Nc2nccc(-c3cc(C#N)c4c(c3)[C@@](C)(CO[Si](C)(C)C(C)(C)C)CN4)n2)c(=O)n(CC2CC2)c1. The molecule has 43 heavy (non-hydrogen) atoms. The quantitative estimate of drug-likeness (QED) is 0.279. The van der Waals surface area contributed by atoms with Crippen LogP contribution in [0.1, 0.15) is 62.0 Å². The number of nitrogens with one attached hydrogen (secondary N) is 3. The first-order valence-corrected chi connectivity index (χ1v) is 17.7. The maximum absolute atomic E-state index is 13.3. The van der Waals surface area contributed by atoms with Crippen molar-refractivity contribution in [2.75, 3.05) is 30.8 Å². The molecule has 11 heteroatoms. The van der Waals surface area contributed by atoms with E-state index in [4.69, 9.17) is 9.41 Å². The first kappa shape index (κ1) is 30.4. The van der Waals surface area contributed by atoms with E-state index >= 15 is 0 Å². The van der Waals surface area contributed by atoms with Gasteiger partial charge in [-0.15, -0.1) is 0 Å². The molecule has 2 aromatic heterocycles. The number of carbonyl (C=O) groups is 1. The molecule has 3 N–H and O–H groups in total. The van der Waals surface area contributed by atoms with Gasteiger partial charge in [0.05, 0.1) is 22.5 Å². The Hall–Kier alpha value is -4.01. The Labute approximate surface area is 254 Å². The van der Waals surface area contributed by atoms with Gasteiger partial charge in [0, 0.05) is 50.1 Å². The molecule has 3 heterocycles. The molecule has 1 atom stereocenters. The Morgan fingerprint density at radius 3 is 2.67 bits per heavy atom. The molecule has 2 aliphatic rings. The molecule has 226 valence electrons. The zero-order valence-corrected chi connectivity index (χ0v) is 27.1. The van der Waals surface area contributed by atoms with Crippen LogP contribution >= 0.6 is 0 Å². The number of nitrogens with zero attached hydrogens (tertiary/aromatic N) is 4. The van der Waals surface area contributed by atoms with Crippen molar-refractivity contribution in [2.45, 2.75) is 70.6 Å². The van der Waals surface area contributed by atoms with E-state index in [0.29, 0.717) is 42.4 Å². The molecule has 5 rings (SSSR count). The van der Waals surface area contributed by atoms with E-state index in [1.54, 1.807) is 30.1 Å². The highest BCUT2D eigenvalue weighted by atomic mass is 28.4. The Balaban J connectivity index is 1.48. The molecular formula is C32H41N7O3Si. The standard InChI is InChI=1S/C32H41N7O3Si/c1-31(2,3)43(6,7)42-19-32(4)18-36-27-22(15-33)12-21(13-24(27)32)25-10-11-35-30(37-25)38-26-14-23(28(40)34-5)17-39(29(26)41)16-20-8-9-20/h10-14,17,20,36H,8-9,16,18-19H2,1-7H3,(H,34,40)(H,35,37,38)/t32-/m1/s1. The topological polar surface area (TPSA) is 134 Å². The van der Waals surface area contributed by atoms with Gasteiger partial charge in [-0.05, 0) is 66.7 Å². The molecule has 0 unspecified atom stereocenters. The molecule has 0 bridgehead atoms. The number of fused-ring (bicyclic) bond motifs is 1. The van der Waals surface area contributed by atoms with Gasteiger partial charge in [0.1, 0.15) is 11.8 Å². The maximum atomic E-state index is 13.3. The van der Waals surface area contributed by atoms with Crippen LogP contribution in [0.25, 0.3) is 11.3 Å². The van der Waals surface area contributed by atoms with Crippen LogP contribution in [0.3, 0.4) is 0 Å². The molecule has 1 aliphatic carbocycles. The molecule has 0 radical (unpaired) electrons. The zero-order valence-electron chi connectivity index (χ0n) is 26.1. The van der Waals surface area contributed by atoms with Gasteiger partial charge in [0.2, 0.25) is 5.95 Å². The van der Waals surface area contributed by atoms with E-state index in [0.717, 1.165) is 29.7 Å². The molecule has 1 amide bonds. The number of carbonyl (C=O) groups excluding carboxylic acids is 1. The van der Waals surface area contributed by atoms with Crippen molar-refractivity contribution in [3.05, 3.63) is 63.7 Å². The third-order valence-electron chi connectivity index (χ3n) is 9.05. The molecule has 1 aliphatic heterocycles. The summed E-state index contributed by atoms with van der Waals surface area (Å²) in [4.78, 5) is 34.8. The molecule has 10 nitrogen and oxygen atoms in total. The third kappa shape index (κ3) is 6.21. The van der Waals surface area contributed by atoms with Gasteiger partial charge in [-0.2, -0.15) is 5.26 Å². The second kappa shape index (κ2) is 11.2. The van der Waals surface area contributed by atoms with Crippen molar-refractivity contribution in [3.8, 4) is 17.3 Å². The minimum absolute atomic E-state index is 0.0865. The normalized spacial score (nSPS) is 18.0. The largest absolute Gasteiger partial charge is 0.416 e. The van der Waals surface area contributed by atoms with E-state index in [1.807, 2.05) is 6.07 Å². The lowest BCUT2D eigenvalue weighted by Crippen LogP contribution is -2.45. The van der Waals surface area contributed by atoms with Gasteiger partial charge < -0.3 is 24.9 Å². The zero-order chi connectivity index (χ0) is 31.2. The monoisotopic (exact) mass is 599 g/mol. The maximum Gasteiger partial charge on any atom is 0.274 e. The fourth-order valence-electron chi connectivity index (χ4n) is 5.02. The second-order valence-electron chi connectivity index (χ2n) is 13.5. The summed E-state index contributed by atoms with van der Waals surface area (Å²) in [5.41, 5.74) is 3.82. The van der Waals surface area contributed by atoms with Crippen molar-refractivity contribution in [3.63, 3.8) is 0 Å². The van der Waals surface area contributed by atoms with E-state index < -0.39 is 8.32 Å². The van der Waals surface area contributed by atoms with Gasteiger partial charge in [0.15, 0.2) is 8.32 Å². The highest BCUT2D eigenvalue weighted by molar-refractivity contribution is 6.74. The number of hydrogen-bond donors (Lipinski definition) is 3. The first-order chi connectivity index (χ1) is 20.2. The number of anilines is 3. The summed E-state index contributed by atoms with van der Waals surface area (Å²) in [5, 5.41) is 19.3. The molecular weight excluding hydrogens is 558 g/mol. The Bertz CT molecular complexity index is 1670. The first-order valence-electron chi connectivity index (χ1n) is 14.8. The lowest BCUT2D eigenvalue weighted by molar-refractivity contribution is 0.0962. The summed E-state index contributed by atoms with van der Waals surface area (Å²) >= 11 is 0. The Kier molecular flexibility index (Phi) is 7.96. The molecule has 1 fully saturated rings. The van der Waals surface area contributed by atoms with Crippen LogP contribution in [0.15, 0.2) is 41.5 Å². The number of amides is 1. The fourth-order valence-corrected chi connectivity index (χ4v) is 6.13. The van der Waals surface area contributed by atoms with Crippen LogP contribution in [-0.2, 0) is 16.4 Å². The van der Waals surface area contributed by atoms with Gasteiger partial charge >= 0.3 is 0 Å². The molecule has 1 saturated carbocycles. The van der Waals surface area contributed by atoms with Crippen LogP contribution in [0.4, 0.5) is 17.3 Å². The van der Waals surface area contributed by atoms with Crippen molar-refractivity contribution >= 4 is 31.5 Å². The number of nitriles is 1. The van der Waals surface area contributed by atoms with Crippen LogP contribution in [0.5, 0.6) is 0 Å². The molecule has 1 aromatic carbocycles. The van der Waals surface area contributed by atoms with E-state index in [9.17, 15) is 14.9 Å². The minimum atomic E-state index is -1.99. The summed E-state index contributed by atoms with van der Waals surface area (Å²) in [7, 11) is -0.427. The van der Waals surface area contributed by atoms with E-state index in [-0.39, 0.29) is 33.6 Å². The number of rotatable bonds is 9. The average Bonchev–Trinajstić information content (AvgIpc) is 3.73. The predicted molar refractivity (Wildman–Crippen MR) is 171 cm³/mol. The van der Waals surface area contributed by atoms with Crippen LogP contribution in [0.2, 0.25) is 18.1 Å². The number of pyridine rings is 1. The third-order valence-corrected chi connectivity index (χ3v) is 13.5. The fraction of sp³-hybridized carbons (Fsp3) is 0.469. The highest BCUT2D eigenvalue weighted by Gasteiger charge is 2.42. The summed E-state index contributed by atoms with van der Waals surface area (Å²) < 4.78 is 8.24. The van der Waals surface area contributed by atoms with E-state index in [2.05, 4.69) is 73.9 Å². The minimum Gasteiger partial charge on any atom is -0.416 e. The van der Waals surface area contributed by atoms with Gasteiger partial charge in [0.25, 0.3) is 11.5 Å². The van der Waals surface area contributed by atoms with Crippen LogP contribution in [0, 0.1) is 17.2 Å². The van der Waals surface area contributed by atoms with Crippen LogP contribution < -0.4 is 21.5 Å². The molecule has 0 saturated heterocycles. The van der Waals surface area contributed by atoms with Crippen molar-refractivity contribution in [2.24, 2.45) is 5.92 Å². The predicted octanol–water partition coefficient (Wildman–Crippen LogP) is 5.40. The van der Waals surface area contributed by atoms with Gasteiger partial charge in [-0.1, -0.05) is 27.7 Å². The second-order valence-corrected chi connectivity index (χ2v) is 18.3. The van der Waals surface area contributed by atoms with Crippen molar-refractivity contribution in [1.29, 1.82) is 5.26 Å². The lowest BCUT2D eigenvalue weighted by Gasteiger charge is -2.39. The smallest absolute Gasteiger partial charge is 0.274 e. The summed E-state index contributed by atoms with van der Waals surface area (Å²) in [6.07, 6.45) is 5.38. The molecule has 3 aromatic rings. The average molecular weight is 600 g/mol. The number of hydrogen-bond acceptors (Lipinski definition) is 8. The number of benzene rings is 1. The summed E-state index contributed by atoms with van der Waals surface area (Å²) in [6, 6.07) is 9.56. The van der Waals surface area contributed by atoms with Crippen molar-refractivity contribution < 1.29 is 9.22 Å².